The smallest absolute Gasteiger partial charge is 0.342 e. The van der Waals surface area contributed by atoms with Crippen molar-refractivity contribution in [2.75, 3.05) is 6.61 Å². The fourth-order valence-corrected chi connectivity index (χ4v) is 1.42. The lowest BCUT2D eigenvalue weighted by Gasteiger charge is -2.16. The SMILES string of the molecule is CCOC(=O)C(F)[C@H](N)c1ccccc1C#N. The number of nitrogens with two attached hydrogens (primary N) is 1. The Hall–Kier alpha value is -1.93. The molecule has 0 aromatic heterocycles. The van der Waals surface area contributed by atoms with Gasteiger partial charge in [-0.3, -0.25) is 0 Å². The Labute approximate surface area is 98.8 Å². The van der Waals surface area contributed by atoms with Crippen molar-refractivity contribution in [3.63, 3.8) is 0 Å². The molecule has 1 rings (SSSR count). The third-order valence-corrected chi connectivity index (χ3v) is 2.27. The summed E-state index contributed by atoms with van der Waals surface area (Å²) in [5.74, 6) is -1.01. The standard InChI is InChI=1S/C12H13FN2O2/c1-2-17-12(16)10(13)11(15)9-6-4-3-5-8(9)7-14/h3-6,10-11H,2,15H2,1H3/t10?,11-/m1/s1. The van der Waals surface area contributed by atoms with Gasteiger partial charge in [0.1, 0.15) is 0 Å². The number of esters is 1. The first-order valence-electron chi connectivity index (χ1n) is 5.17. The zero-order chi connectivity index (χ0) is 12.8. The molecule has 2 atom stereocenters. The summed E-state index contributed by atoms with van der Waals surface area (Å²) in [6, 6.07) is 7.04. The third kappa shape index (κ3) is 3.02. The summed E-state index contributed by atoms with van der Waals surface area (Å²) in [6.45, 7) is 1.67. The highest BCUT2D eigenvalue weighted by atomic mass is 19.1. The van der Waals surface area contributed by atoms with Crippen LogP contribution < -0.4 is 5.73 Å². The van der Waals surface area contributed by atoms with Crippen LogP contribution in [0.5, 0.6) is 0 Å². The van der Waals surface area contributed by atoms with Gasteiger partial charge in [0.25, 0.3) is 0 Å². The molecule has 1 unspecified atom stereocenters. The van der Waals surface area contributed by atoms with Gasteiger partial charge in [-0.05, 0) is 18.6 Å². The van der Waals surface area contributed by atoms with Gasteiger partial charge in [-0.1, -0.05) is 18.2 Å². The zero-order valence-corrected chi connectivity index (χ0v) is 9.39. The van der Waals surface area contributed by atoms with Crippen LogP contribution in [0.25, 0.3) is 0 Å². The Morgan fingerprint density at radius 3 is 2.82 bits per heavy atom. The average Bonchev–Trinajstić information content (AvgIpc) is 2.37. The average molecular weight is 236 g/mol. The van der Waals surface area contributed by atoms with Gasteiger partial charge in [-0.25, -0.2) is 9.18 Å². The fraction of sp³-hybridized carbons (Fsp3) is 0.333. The molecule has 0 spiro atoms. The predicted molar refractivity (Wildman–Crippen MR) is 59.6 cm³/mol. The van der Waals surface area contributed by atoms with Crippen LogP contribution in [-0.4, -0.2) is 18.7 Å². The van der Waals surface area contributed by atoms with Gasteiger partial charge in [-0.15, -0.1) is 0 Å². The van der Waals surface area contributed by atoms with Gasteiger partial charge >= 0.3 is 5.97 Å². The van der Waals surface area contributed by atoms with Crippen molar-refractivity contribution >= 4 is 5.97 Å². The highest BCUT2D eigenvalue weighted by Gasteiger charge is 2.29. The number of hydrogen-bond donors (Lipinski definition) is 1. The van der Waals surface area contributed by atoms with Gasteiger partial charge in [0.05, 0.1) is 24.3 Å². The summed E-state index contributed by atoms with van der Waals surface area (Å²) in [5.41, 5.74) is 6.18. The van der Waals surface area contributed by atoms with E-state index in [1.807, 2.05) is 6.07 Å². The van der Waals surface area contributed by atoms with Crippen LogP contribution in [0, 0.1) is 11.3 Å². The monoisotopic (exact) mass is 236 g/mol. The van der Waals surface area contributed by atoms with Gasteiger partial charge in [0.2, 0.25) is 6.17 Å². The van der Waals surface area contributed by atoms with Crippen molar-refractivity contribution in [1.29, 1.82) is 5.26 Å². The molecule has 0 aliphatic carbocycles. The predicted octanol–water partition coefficient (Wildman–Crippen LogP) is 1.46. The van der Waals surface area contributed by atoms with Crippen LogP contribution >= 0.6 is 0 Å². The normalized spacial score (nSPS) is 13.5. The van der Waals surface area contributed by atoms with E-state index in [1.165, 1.54) is 12.1 Å². The van der Waals surface area contributed by atoms with Crippen molar-refractivity contribution in [1.82, 2.24) is 0 Å². The fourth-order valence-electron chi connectivity index (χ4n) is 1.42. The van der Waals surface area contributed by atoms with Crippen LogP contribution in [0.2, 0.25) is 0 Å². The molecule has 0 aliphatic heterocycles. The van der Waals surface area contributed by atoms with E-state index >= 15 is 0 Å². The summed E-state index contributed by atoms with van der Waals surface area (Å²) in [6.07, 6.45) is -1.97. The Bertz CT molecular complexity index is 442. The van der Waals surface area contributed by atoms with E-state index in [0.717, 1.165) is 0 Å². The van der Waals surface area contributed by atoms with E-state index in [2.05, 4.69) is 4.74 Å². The maximum absolute atomic E-state index is 13.7. The number of hydrogen-bond acceptors (Lipinski definition) is 4. The van der Waals surface area contributed by atoms with Crippen LogP contribution in [0.4, 0.5) is 4.39 Å². The number of carbonyl (C=O) groups is 1. The Balaban J connectivity index is 2.93. The molecule has 1 aromatic rings. The van der Waals surface area contributed by atoms with Gasteiger partial charge in [0, 0.05) is 0 Å². The maximum Gasteiger partial charge on any atom is 0.342 e. The Morgan fingerprint density at radius 2 is 2.24 bits per heavy atom. The zero-order valence-electron chi connectivity index (χ0n) is 9.39. The molecular formula is C12H13FN2O2. The van der Waals surface area contributed by atoms with E-state index in [1.54, 1.807) is 19.1 Å². The van der Waals surface area contributed by atoms with Crippen LogP contribution in [-0.2, 0) is 9.53 Å². The molecule has 17 heavy (non-hydrogen) atoms. The molecule has 2 N–H and O–H groups in total. The van der Waals surface area contributed by atoms with Crippen molar-refractivity contribution in [3.05, 3.63) is 35.4 Å². The van der Waals surface area contributed by atoms with Crippen molar-refractivity contribution in [2.45, 2.75) is 19.1 Å². The minimum atomic E-state index is -1.97. The van der Waals surface area contributed by atoms with Gasteiger partial charge in [-0.2, -0.15) is 5.26 Å². The first-order chi connectivity index (χ1) is 8.11. The van der Waals surface area contributed by atoms with Crippen LogP contribution in [0.1, 0.15) is 24.1 Å². The summed E-state index contributed by atoms with van der Waals surface area (Å²) < 4.78 is 18.2. The van der Waals surface area contributed by atoms with E-state index in [-0.39, 0.29) is 12.2 Å². The molecule has 0 saturated heterocycles. The van der Waals surface area contributed by atoms with Crippen molar-refractivity contribution in [2.24, 2.45) is 5.73 Å². The third-order valence-electron chi connectivity index (χ3n) is 2.27. The molecule has 0 heterocycles. The summed E-state index contributed by atoms with van der Waals surface area (Å²) in [5, 5.41) is 8.85. The number of halogens is 1. The van der Waals surface area contributed by atoms with Crippen LogP contribution in [0.3, 0.4) is 0 Å². The number of benzene rings is 1. The van der Waals surface area contributed by atoms with Crippen molar-refractivity contribution < 1.29 is 13.9 Å². The molecule has 1 aromatic carbocycles. The lowest BCUT2D eigenvalue weighted by Crippen LogP contribution is -2.32. The second-order valence-corrected chi connectivity index (χ2v) is 3.38. The largest absolute Gasteiger partial charge is 0.464 e. The molecule has 0 fully saturated rings. The number of nitrogens with zero attached hydrogens (tertiary/aromatic N) is 1. The quantitative estimate of drug-likeness (QED) is 0.803. The van der Waals surface area contributed by atoms with E-state index in [9.17, 15) is 9.18 Å². The lowest BCUT2D eigenvalue weighted by molar-refractivity contribution is -0.149. The minimum Gasteiger partial charge on any atom is -0.464 e. The molecular weight excluding hydrogens is 223 g/mol. The summed E-state index contributed by atoms with van der Waals surface area (Å²) in [4.78, 5) is 11.2. The molecule has 0 saturated carbocycles. The Morgan fingerprint density at radius 1 is 1.59 bits per heavy atom. The van der Waals surface area contributed by atoms with Crippen molar-refractivity contribution in [3.8, 4) is 6.07 Å². The van der Waals surface area contributed by atoms with Gasteiger partial charge in [0.15, 0.2) is 0 Å². The van der Waals surface area contributed by atoms with E-state index in [4.69, 9.17) is 11.0 Å². The maximum atomic E-state index is 13.7. The number of nitriles is 1. The summed E-state index contributed by atoms with van der Waals surface area (Å²) >= 11 is 0. The molecule has 0 aliphatic rings. The van der Waals surface area contributed by atoms with E-state index in [0.29, 0.717) is 5.56 Å². The molecule has 5 heteroatoms. The number of ether oxygens (including phenoxy) is 1. The molecule has 0 radical (unpaired) electrons. The summed E-state index contributed by atoms with van der Waals surface area (Å²) in [7, 11) is 0. The Kier molecular flexibility index (Phi) is 4.61. The number of alkyl halides is 1. The second kappa shape index (κ2) is 5.97. The molecule has 90 valence electrons. The molecule has 4 nitrogen and oxygen atoms in total. The van der Waals surface area contributed by atoms with Gasteiger partial charge < -0.3 is 10.5 Å². The first kappa shape index (κ1) is 13.1. The highest BCUT2D eigenvalue weighted by molar-refractivity contribution is 5.76. The number of carbonyl (C=O) groups excluding carboxylic acids is 1. The topological polar surface area (TPSA) is 76.1 Å². The van der Waals surface area contributed by atoms with E-state index < -0.39 is 18.2 Å². The second-order valence-electron chi connectivity index (χ2n) is 3.38. The number of rotatable bonds is 4. The highest BCUT2D eigenvalue weighted by Crippen LogP contribution is 2.21. The lowest BCUT2D eigenvalue weighted by atomic mass is 9.98. The first-order valence-corrected chi connectivity index (χ1v) is 5.17. The van der Waals surface area contributed by atoms with Crippen LogP contribution in [0.15, 0.2) is 24.3 Å². The molecule has 0 amide bonds. The molecule has 0 bridgehead atoms. The minimum absolute atomic E-state index is 0.0892.